The third-order valence-electron chi connectivity index (χ3n) is 3.45. The first-order valence-electron chi connectivity index (χ1n) is 7.76. The molecule has 1 heterocycles. The predicted molar refractivity (Wildman–Crippen MR) is 95.5 cm³/mol. The number of halogens is 1. The molecule has 0 aliphatic heterocycles. The number of nitrogens with one attached hydrogen (secondary N) is 2. The molecule has 7 nitrogen and oxygen atoms in total. The number of aryl methyl sites for hydroxylation is 2. The second kappa shape index (κ2) is 9.12. The SMILES string of the molecule is CN=C(NCCCOc1ccc(Cl)cc1C)NCc1ncnn1C. The Kier molecular flexibility index (Phi) is 6.87. The van der Waals surface area contributed by atoms with E-state index in [1.54, 1.807) is 11.7 Å². The Bertz CT molecular complexity index is 685. The van der Waals surface area contributed by atoms with Crippen LogP contribution in [0.5, 0.6) is 5.75 Å². The van der Waals surface area contributed by atoms with Crippen LogP contribution in [0.25, 0.3) is 0 Å². The van der Waals surface area contributed by atoms with Crippen LogP contribution in [0, 0.1) is 6.92 Å². The molecule has 2 rings (SSSR count). The summed E-state index contributed by atoms with van der Waals surface area (Å²) >= 11 is 5.93. The van der Waals surface area contributed by atoms with Crippen LogP contribution in [0.1, 0.15) is 17.8 Å². The van der Waals surface area contributed by atoms with E-state index in [2.05, 4.69) is 25.7 Å². The highest BCUT2D eigenvalue weighted by Gasteiger charge is 2.03. The first kappa shape index (κ1) is 18.1. The maximum absolute atomic E-state index is 5.93. The molecule has 2 aromatic rings. The highest BCUT2D eigenvalue weighted by molar-refractivity contribution is 6.30. The smallest absolute Gasteiger partial charge is 0.191 e. The lowest BCUT2D eigenvalue weighted by molar-refractivity contribution is 0.309. The van der Waals surface area contributed by atoms with Gasteiger partial charge in [-0.2, -0.15) is 5.10 Å². The molecular formula is C16H23ClN6O. The first-order chi connectivity index (χ1) is 11.6. The number of aliphatic imine (C=N–C) groups is 1. The van der Waals surface area contributed by atoms with Gasteiger partial charge in [-0.3, -0.25) is 9.67 Å². The molecule has 0 atom stereocenters. The molecule has 0 saturated heterocycles. The number of benzene rings is 1. The largest absolute Gasteiger partial charge is 0.493 e. The van der Waals surface area contributed by atoms with Crippen LogP contribution in [-0.2, 0) is 13.6 Å². The molecule has 0 bridgehead atoms. The minimum Gasteiger partial charge on any atom is -0.493 e. The monoisotopic (exact) mass is 350 g/mol. The maximum Gasteiger partial charge on any atom is 0.191 e. The zero-order valence-electron chi connectivity index (χ0n) is 14.2. The molecule has 0 fully saturated rings. The summed E-state index contributed by atoms with van der Waals surface area (Å²) < 4.78 is 7.49. The van der Waals surface area contributed by atoms with Crippen molar-refractivity contribution in [3.05, 3.63) is 40.9 Å². The van der Waals surface area contributed by atoms with Gasteiger partial charge in [0.1, 0.15) is 17.9 Å². The molecule has 0 amide bonds. The van der Waals surface area contributed by atoms with E-state index in [4.69, 9.17) is 16.3 Å². The molecule has 2 N–H and O–H groups in total. The van der Waals surface area contributed by atoms with Crippen molar-refractivity contribution < 1.29 is 4.74 Å². The summed E-state index contributed by atoms with van der Waals surface area (Å²) in [5, 5.41) is 11.2. The number of ether oxygens (including phenoxy) is 1. The molecule has 0 spiro atoms. The topological polar surface area (TPSA) is 76.4 Å². The van der Waals surface area contributed by atoms with Gasteiger partial charge in [-0.15, -0.1) is 0 Å². The molecule has 0 aliphatic rings. The average molecular weight is 351 g/mol. The van der Waals surface area contributed by atoms with E-state index in [1.165, 1.54) is 6.33 Å². The van der Waals surface area contributed by atoms with Crippen molar-refractivity contribution in [2.75, 3.05) is 20.2 Å². The lowest BCUT2D eigenvalue weighted by Gasteiger charge is -2.12. The predicted octanol–water partition coefficient (Wildman–Crippen LogP) is 1.91. The number of hydrogen-bond acceptors (Lipinski definition) is 4. The van der Waals surface area contributed by atoms with Crippen molar-refractivity contribution >= 4 is 17.6 Å². The summed E-state index contributed by atoms with van der Waals surface area (Å²) in [6, 6.07) is 5.63. The third kappa shape index (κ3) is 5.42. The molecule has 1 aromatic carbocycles. The summed E-state index contributed by atoms with van der Waals surface area (Å²) in [5.74, 6) is 2.43. The average Bonchev–Trinajstić information content (AvgIpc) is 2.97. The van der Waals surface area contributed by atoms with Crippen LogP contribution < -0.4 is 15.4 Å². The van der Waals surface area contributed by atoms with E-state index < -0.39 is 0 Å². The van der Waals surface area contributed by atoms with Crippen LogP contribution >= 0.6 is 11.6 Å². The number of rotatable bonds is 7. The first-order valence-corrected chi connectivity index (χ1v) is 8.14. The Labute approximate surface area is 147 Å². The number of nitrogens with zero attached hydrogens (tertiary/aromatic N) is 4. The fourth-order valence-corrected chi connectivity index (χ4v) is 2.33. The zero-order chi connectivity index (χ0) is 17.4. The van der Waals surface area contributed by atoms with Crippen LogP contribution in [0.15, 0.2) is 29.5 Å². The van der Waals surface area contributed by atoms with E-state index in [9.17, 15) is 0 Å². The Hall–Kier alpha value is -2.28. The summed E-state index contributed by atoms with van der Waals surface area (Å²) in [6.45, 7) is 3.93. The summed E-state index contributed by atoms with van der Waals surface area (Å²) in [6.07, 6.45) is 2.38. The van der Waals surface area contributed by atoms with E-state index in [0.717, 1.165) is 41.1 Å². The molecule has 130 valence electrons. The van der Waals surface area contributed by atoms with Crippen molar-refractivity contribution in [1.82, 2.24) is 25.4 Å². The van der Waals surface area contributed by atoms with Crippen molar-refractivity contribution in [2.45, 2.75) is 19.9 Å². The van der Waals surface area contributed by atoms with E-state index >= 15 is 0 Å². The van der Waals surface area contributed by atoms with Crippen molar-refractivity contribution in [1.29, 1.82) is 0 Å². The van der Waals surface area contributed by atoms with Crippen LogP contribution in [0.2, 0.25) is 5.02 Å². The van der Waals surface area contributed by atoms with Gasteiger partial charge in [0.05, 0.1) is 13.2 Å². The van der Waals surface area contributed by atoms with Gasteiger partial charge in [0, 0.05) is 25.7 Å². The van der Waals surface area contributed by atoms with Gasteiger partial charge in [-0.25, -0.2) is 4.98 Å². The Morgan fingerprint density at radius 3 is 2.88 bits per heavy atom. The van der Waals surface area contributed by atoms with Crippen molar-refractivity contribution in [3.63, 3.8) is 0 Å². The second-order valence-electron chi connectivity index (χ2n) is 5.26. The molecule has 0 radical (unpaired) electrons. The normalized spacial score (nSPS) is 11.4. The zero-order valence-corrected chi connectivity index (χ0v) is 15.0. The minimum absolute atomic E-state index is 0.566. The molecular weight excluding hydrogens is 328 g/mol. The lowest BCUT2D eigenvalue weighted by Crippen LogP contribution is -2.38. The van der Waals surface area contributed by atoms with Gasteiger partial charge >= 0.3 is 0 Å². The molecule has 0 aliphatic carbocycles. The Morgan fingerprint density at radius 1 is 1.38 bits per heavy atom. The van der Waals surface area contributed by atoms with Gasteiger partial charge in [-0.1, -0.05) is 11.6 Å². The van der Waals surface area contributed by atoms with E-state index in [1.807, 2.05) is 32.2 Å². The maximum atomic E-state index is 5.93. The summed E-state index contributed by atoms with van der Waals surface area (Å²) in [7, 11) is 3.59. The van der Waals surface area contributed by atoms with Crippen molar-refractivity contribution in [2.24, 2.45) is 12.0 Å². The van der Waals surface area contributed by atoms with Crippen LogP contribution in [0.3, 0.4) is 0 Å². The molecule has 8 heteroatoms. The molecule has 0 unspecified atom stereocenters. The highest BCUT2D eigenvalue weighted by Crippen LogP contribution is 2.21. The number of aromatic nitrogens is 3. The fourth-order valence-electron chi connectivity index (χ4n) is 2.10. The van der Waals surface area contributed by atoms with Gasteiger partial charge in [0.25, 0.3) is 0 Å². The second-order valence-corrected chi connectivity index (χ2v) is 5.70. The van der Waals surface area contributed by atoms with E-state index in [0.29, 0.717) is 13.2 Å². The van der Waals surface area contributed by atoms with Gasteiger partial charge in [0.2, 0.25) is 0 Å². The molecule has 1 aromatic heterocycles. The van der Waals surface area contributed by atoms with Crippen LogP contribution in [0.4, 0.5) is 0 Å². The minimum atomic E-state index is 0.566. The number of guanidine groups is 1. The van der Waals surface area contributed by atoms with Gasteiger partial charge < -0.3 is 15.4 Å². The lowest BCUT2D eigenvalue weighted by atomic mass is 10.2. The molecule has 24 heavy (non-hydrogen) atoms. The quantitative estimate of drug-likeness (QED) is 0.453. The van der Waals surface area contributed by atoms with E-state index in [-0.39, 0.29) is 0 Å². The van der Waals surface area contributed by atoms with Crippen molar-refractivity contribution in [3.8, 4) is 5.75 Å². The summed E-state index contributed by atoms with van der Waals surface area (Å²) in [5.41, 5.74) is 1.04. The summed E-state index contributed by atoms with van der Waals surface area (Å²) in [4.78, 5) is 8.34. The third-order valence-corrected chi connectivity index (χ3v) is 3.69. The Balaban J connectivity index is 1.66. The van der Waals surface area contributed by atoms with Gasteiger partial charge in [0.15, 0.2) is 5.96 Å². The van der Waals surface area contributed by atoms with Crippen LogP contribution in [-0.4, -0.2) is 40.9 Å². The van der Waals surface area contributed by atoms with Gasteiger partial charge in [-0.05, 0) is 37.1 Å². The fraction of sp³-hybridized carbons (Fsp3) is 0.438. The standard InChI is InChI=1S/C16H23ClN6O/c1-12-9-13(17)5-6-14(12)24-8-4-7-19-16(18-2)20-10-15-21-11-22-23(15)3/h5-6,9,11H,4,7-8,10H2,1-3H3,(H2,18,19,20). The highest BCUT2D eigenvalue weighted by atomic mass is 35.5. The Morgan fingerprint density at radius 2 is 2.21 bits per heavy atom. The number of hydrogen-bond donors (Lipinski definition) is 2. The molecule has 0 saturated carbocycles.